The van der Waals surface area contributed by atoms with E-state index in [4.69, 9.17) is 0 Å². The Morgan fingerprint density at radius 1 is 1.16 bits per heavy atom. The molecule has 0 saturated heterocycles. The standard InChI is InChI=1S/C17H16N2O4S2/c1-11-7-9-13(10-8-11)25(22,23)18-17-19(12(2)16(20)21)14-5-3-4-6-15(14)24-17/h3-10,12H,1-2H3,(H,20,21). The first-order chi connectivity index (χ1) is 11.8. The Kier molecular flexibility index (Phi) is 4.49. The molecule has 1 N–H and O–H groups in total. The highest BCUT2D eigenvalue weighted by Gasteiger charge is 2.20. The maximum Gasteiger partial charge on any atom is 0.326 e. The van der Waals surface area contributed by atoms with Gasteiger partial charge in [0.05, 0.1) is 15.1 Å². The van der Waals surface area contributed by atoms with Crippen molar-refractivity contribution in [1.82, 2.24) is 4.57 Å². The molecule has 0 amide bonds. The van der Waals surface area contributed by atoms with Gasteiger partial charge in [0.1, 0.15) is 6.04 Å². The number of thiazole rings is 1. The van der Waals surface area contributed by atoms with Crippen molar-refractivity contribution in [3.8, 4) is 0 Å². The Balaban J connectivity index is 2.27. The van der Waals surface area contributed by atoms with Gasteiger partial charge in [-0.2, -0.15) is 8.42 Å². The fourth-order valence-corrected chi connectivity index (χ4v) is 4.70. The van der Waals surface area contributed by atoms with E-state index >= 15 is 0 Å². The zero-order valence-electron chi connectivity index (χ0n) is 13.6. The molecule has 1 atom stereocenters. The third kappa shape index (κ3) is 3.35. The van der Waals surface area contributed by atoms with E-state index < -0.39 is 22.0 Å². The van der Waals surface area contributed by atoms with Crippen LogP contribution in [0.15, 0.2) is 57.8 Å². The average molecular weight is 376 g/mol. The maximum absolute atomic E-state index is 12.6. The summed E-state index contributed by atoms with van der Waals surface area (Å²) in [5, 5.41) is 9.38. The number of aromatic nitrogens is 1. The highest BCUT2D eigenvalue weighted by Crippen LogP contribution is 2.21. The second-order valence-electron chi connectivity index (χ2n) is 5.62. The molecule has 6 nitrogen and oxygen atoms in total. The molecule has 25 heavy (non-hydrogen) atoms. The number of rotatable bonds is 4. The van der Waals surface area contributed by atoms with Crippen molar-refractivity contribution in [2.24, 2.45) is 4.40 Å². The number of sulfonamides is 1. The lowest BCUT2D eigenvalue weighted by Gasteiger charge is -2.10. The molecule has 0 radical (unpaired) electrons. The predicted octanol–water partition coefficient (Wildman–Crippen LogP) is 2.95. The number of para-hydroxylation sites is 1. The van der Waals surface area contributed by atoms with Gasteiger partial charge in [-0.15, -0.1) is 4.40 Å². The summed E-state index contributed by atoms with van der Waals surface area (Å²) < 4.78 is 31.4. The van der Waals surface area contributed by atoms with Gasteiger partial charge < -0.3 is 9.67 Å². The van der Waals surface area contributed by atoms with Crippen molar-refractivity contribution in [1.29, 1.82) is 0 Å². The molecule has 2 aromatic carbocycles. The smallest absolute Gasteiger partial charge is 0.326 e. The number of hydrogen-bond donors (Lipinski definition) is 1. The van der Waals surface area contributed by atoms with Crippen LogP contribution < -0.4 is 4.80 Å². The number of fused-ring (bicyclic) bond motifs is 1. The van der Waals surface area contributed by atoms with Crippen LogP contribution in [0.25, 0.3) is 10.2 Å². The quantitative estimate of drug-likeness (QED) is 0.758. The Morgan fingerprint density at radius 2 is 1.80 bits per heavy atom. The number of carboxylic acid groups (broad SMARTS) is 1. The Morgan fingerprint density at radius 3 is 2.44 bits per heavy atom. The molecule has 3 rings (SSSR count). The van der Waals surface area contributed by atoms with E-state index in [2.05, 4.69) is 4.40 Å². The van der Waals surface area contributed by atoms with Gasteiger partial charge in [-0.3, -0.25) is 0 Å². The summed E-state index contributed by atoms with van der Waals surface area (Å²) in [6, 6.07) is 12.6. The second-order valence-corrected chi connectivity index (χ2v) is 8.23. The Hall–Kier alpha value is -2.45. The highest BCUT2D eigenvalue weighted by atomic mass is 32.2. The minimum Gasteiger partial charge on any atom is -0.480 e. The molecule has 0 aliphatic rings. The number of carboxylic acids is 1. The number of hydrogen-bond acceptors (Lipinski definition) is 4. The molecule has 8 heteroatoms. The summed E-state index contributed by atoms with van der Waals surface area (Å²) in [6.07, 6.45) is 0. The minimum absolute atomic E-state index is 0.0742. The molecule has 1 unspecified atom stereocenters. The Bertz CT molecular complexity index is 1110. The molecule has 1 heterocycles. The summed E-state index contributed by atoms with van der Waals surface area (Å²) in [5.41, 5.74) is 1.58. The van der Waals surface area contributed by atoms with Crippen molar-refractivity contribution < 1.29 is 18.3 Å². The molecule has 0 saturated carbocycles. The van der Waals surface area contributed by atoms with Crippen LogP contribution in [0.2, 0.25) is 0 Å². The van der Waals surface area contributed by atoms with Crippen molar-refractivity contribution >= 4 is 37.5 Å². The van der Waals surface area contributed by atoms with E-state index in [-0.39, 0.29) is 9.70 Å². The van der Waals surface area contributed by atoms with Crippen LogP contribution in [0, 0.1) is 6.92 Å². The molecule has 0 spiro atoms. The first-order valence-corrected chi connectivity index (χ1v) is 9.76. The number of carbonyl (C=O) groups is 1. The van der Waals surface area contributed by atoms with E-state index in [0.717, 1.165) is 21.6 Å². The molecule has 0 aliphatic heterocycles. The lowest BCUT2D eigenvalue weighted by Crippen LogP contribution is -2.25. The fourth-order valence-electron chi connectivity index (χ4n) is 2.41. The van der Waals surface area contributed by atoms with Crippen LogP contribution in [-0.2, 0) is 14.8 Å². The number of benzene rings is 2. The first-order valence-electron chi connectivity index (χ1n) is 7.50. The number of nitrogens with zero attached hydrogens (tertiary/aromatic N) is 2. The predicted molar refractivity (Wildman–Crippen MR) is 96.1 cm³/mol. The normalized spacial score (nSPS) is 13.9. The molecule has 3 aromatic rings. The van der Waals surface area contributed by atoms with Crippen LogP contribution in [-0.4, -0.2) is 24.1 Å². The van der Waals surface area contributed by atoms with Crippen molar-refractivity contribution in [2.45, 2.75) is 24.8 Å². The summed E-state index contributed by atoms with van der Waals surface area (Å²) in [7, 11) is -3.94. The third-order valence-electron chi connectivity index (χ3n) is 3.79. The van der Waals surface area contributed by atoms with E-state index in [0.29, 0.717) is 5.52 Å². The molecule has 0 aliphatic carbocycles. The van der Waals surface area contributed by atoms with Crippen LogP contribution in [0.4, 0.5) is 0 Å². The van der Waals surface area contributed by atoms with Crippen molar-refractivity contribution in [2.75, 3.05) is 0 Å². The minimum atomic E-state index is -3.94. The lowest BCUT2D eigenvalue weighted by atomic mass is 10.2. The van der Waals surface area contributed by atoms with Gasteiger partial charge in [0.25, 0.3) is 10.0 Å². The molecule has 0 bridgehead atoms. The molecule has 130 valence electrons. The number of aryl methyl sites for hydroxylation is 1. The number of aliphatic carboxylic acids is 1. The van der Waals surface area contributed by atoms with Gasteiger partial charge in [-0.1, -0.05) is 41.2 Å². The summed E-state index contributed by atoms with van der Waals surface area (Å²) in [4.78, 5) is 11.7. The van der Waals surface area contributed by atoms with Gasteiger partial charge in [0, 0.05) is 0 Å². The summed E-state index contributed by atoms with van der Waals surface area (Å²) in [5.74, 6) is -1.06. The third-order valence-corrected chi connectivity index (χ3v) is 6.23. The summed E-state index contributed by atoms with van der Waals surface area (Å²) >= 11 is 1.15. The molecule has 1 aromatic heterocycles. The first kappa shape index (κ1) is 17.4. The summed E-state index contributed by atoms with van der Waals surface area (Å²) in [6.45, 7) is 3.36. The fraction of sp³-hybridized carbons (Fsp3) is 0.176. The van der Waals surface area contributed by atoms with Gasteiger partial charge in [-0.25, -0.2) is 4.79 Å². The van der Waals surface area contributed by atoms with Crippen LogP contribution in [0.5, 0.6) is 0 Å². The lowest BCUT2D eigenvalue weighted by molar-refractivity contribution is -0.140. The van der Waals surface area contributed by atoms with Crippen LogP contribution in [0.1, 0.15) is 18.5 Å². The highest BCUT2D eigenvalue weighted by molar-refractivity contribution is 7.90. The van der Waals surface area contributed by atoms with Gasteiger partial charge in [-0.05, 0) is 38.1 Å². The van der Waals surface area contributed by atoms with Gasteiger partial charge >= 0.3 is 5.97 Å². The van der Waals surface area contributed by atoms with Crippen LogP contribution >= 0.6 is 11.3 Å². The Labute approximate surface area is 148 Å². The molecular formula is C17H16N2O4S2. The van der Waals surface area contributed by atoms with E-state index in [9.17, 15) is 18.3 Å². The zero-order chi connectivity index (χ0) is 18.2. The zero-order valence-corrected chi connectivity index (χ0v) is 15.2. The average Bonchev–Trinajstić information content (AvgIpc) is 2.91. The van der Waals surface area contributed by atoms with E-state index in [1.54, 1.807) is 24.3 Å². The SMILES string of the molecule is Cc1ccc(S(=O)(=O)N=c2sc3ccccc3n2C(C)C(=O)O)cc1. The van der Waals surface area contributed by atoms with E-state index in [1.165, 1.54) is 23.6 Å². The van der Waals surface area contributed by atoms with Crippen molar-refractivity contribution in [3.05, 3.63) is 58.9 Å². The van der Waals surface area contributed by atoms with E-state index in [1.807, 2.05) is 19.1 Å². The van der Waals surface area contributed by atoms with Crippen molar-refractivity contribution in [3.63, 3.8) is 0 Å². The second kappa shape index (κ2) is 6.45. The topological polar surface area (TPSA) is 88.7 Å². The van der Waals surface area contributed by atoms with Gasteiger partial charge in [0.15, 0.2) is 0 Å². The largest absolute Gasteiger partial charge is 0.480 e. The molecular weight excluding hydrogens is 360 g/mol. The van der Waals surface area contributed by atoms with Crippen LogP contribution in [0.3, 0.4) is 0 Å². The van der Waals surface area contributed by atoms with Gasteiger partial charge in [0.2, 0.25) is 4.80 Å². The molecule has 0 fully saturated rings. The monoisotopic (exact) mass is 376 g/mol. The maximum atomic E-state index is 12.6.